The summed E-state index contributed by atoms with van der Waals surface area (Å²) in [7, 11) is 1.53. The van der Waals surface area contributed by atoms with Crippen LogP contribution in [0.1, 0.15) is 22.5 Å². The molecule has 0 aliphatic carbocycles. The summed E-state index contributed by atoms with van der Waals surface area (Å²) in [6.07, 6.45) is 6.05. The zero-order chi connectivity index (χ0) is 19.1. The van der Waals surface area contributed by atoms with Gasteiger partial charge >= 0.3 is 0 Å². The summed E-state index contributed by atoms with van der Waals surface area (Å²) in [6.45, 7) is 1.42. The standard InChI is InChI=1S/C20H21ClN2O4/c1-25-19-13-18(23-8-2-3-9-23)17(21)12-16(19)20(24)22-7-5-10-26-14-15-6-4-11-27-15/h2-4,6,8-9,11-13H,5,7,10,14H2,1H3,(H,22,24). The fourth-order valence-electron chi connectivity index (χ4n) is 2.62. The van der Waals surface area contributed by atoms with E-state index in [2.05, 4.69) is 5.32 Å². The van der Waals surface area contributed by atoms with Gasteiger partial charge in [0.25, 0.3) is 5.91 Å². The van der Waals surface area contributed by atoms with Gasteiger partial charge in [-0.25, -0.2) is 0 Å². The van der Waals surface area contributed by atoms with Gasteiger partial charge in [-0.05, 0) is 36.8 Å². The summed E-state index contributed by atoms with van der Waals surface area (Å²) in [5, 5.41) is 3.33. The molecule has 0 bridgehead atoms. The lowest BCUT2D eigenvalue weighted by Crippen LogP contribution is -2.25. The van der Waals surface area contributed by atoms with Crippen molar-refractivity contribution in [2.24, 2.45) is 0 Å². The van der Waals surface area contributed by atoms with E-state index in [0.29, 0.717) is 42.5 Å². The molecule has 3 rings (SSSR count). The number of carbonyl (C=O) groups excluding carboxylic acids is 1. The average molecular weight is 389 g/mol. The van der Waals surface area contributed by atoms with Crippen molar-refractivity contribution in [2.45, 2.75) is 13.0 Å². The minimum absolute atomic E-state index is 0.237. The molecule has 0 fully saturated rings. The maximum absolute atomic E-state index is 12.5. The Bertz CT molecular complexity index is 861. The molecule has 0 saturated carbocycles. The van der Waals surface area contributed by atoms with Gasteiger partial charge in [0.15, 0.2) is 0 Å². The fraction of sp³-hybridized carbons (Fsp3) is 0.250. The predicted molar refractivity (Wildman–Crippen MR) is 103 cm³/mol. The molecule has 142 valence electrons. The van der Waals surface area contributed by atoms with E-state index < -0.39 is 0 Å². The number of nitrogens with zero attached hydrogens (tertiary/aromatic N) is 1. The Morgan fingerprint density at radius 3 is 2.78 bits per heavy atom. The molecule has 1 amide bonds. The molecule has 0 unspecified atom stereocenters. The van der Waals surface area contributed by atoms with E-state index in [1.54, 1.807) is 18.4 Å². The first-order valence-corrected chi connectivity index (χ1v) is 8.96. The van der Waals surface area contributed by atoms with Crippen molar-refractivity contribution in [1.29, 1.82) is 0 Å². The van der Waals surface area contributed by atoms with E-state index in [4.69, 9.17) is 25.5 Å². The Balaban J connectivity index is 1.53. The van der Waals surface area contributed by atoms with Crippen molar-refractivity contribution in [3.63, 3.8) is 0 Å². The number of halogens is 1. The third-order valence-electron chi connectivity index (χ3n) is 3.97. The molecule has 3 aromatic rings. The van der Waals surface area contributed by atoms with Crippen LogP contribution in [0.15, 0.2) is 59.5 Å². The van der Waals surface area contributed by atoms with E-state index in [1.807, 2.05) is 41.2 Å². The summed E-state index contributed by atoms with van der Waals surface area (Å²) in [4.78, 5) is 12.5. The van der Waals surface area contributed by atoms with Crippen LogP contribution in [-0.2, 0) is 11.3 Å². The molecule has 1 N–H and O–H groups in total. The smallest absolute Gasteiger partial charge is 0.255 e. The van der Waals surface area contributed by atoms with Crippen LogP contribution in [-0.4, -0.2) is 30.7 Å². The predicted octanol–water partition coefficient (Wildman–Crippen LogP) is 4.07. The number of ether oxygens (including phenoxy) is 2. The molecule has 0 atom stereocenters. The second-order valence-corrected chi connectivity index (χ2v) is 6.24. The maximum atomic E-state index is 12.5. The third-order valence-corrected chi connectivity index (χ3v) is 4.27. The van der Waals surface area contributed by atoms with Crippen LogP contribution in [0, 0.1) is 0 Å². The fourth-order valence-corrected chi connectivity index (χ4v) is 2.88. The van der Waals surface area contributed by atoms with Crippen molar-refractivity contribution in [1.82, 2.24) is 9.88 Å². The van der Waals surface area contributed by atoms with Gasteiger partial charge in [-0.15, -0.1) is 0 Å². The monoisotopic (exact) mass is 388 g/mol. The summed E-state index contributed by atoms with van der Waals surface area (Å²) in [5.41, 5.74) is 1.15. The molecule has 0 aliphatic heterocycles. The number of hydrogen-bond acceptors (Lipinski definition) is 4. The molecular weight excluding hydrogens is 368 g/mol. The average Bonchev–Trinajstić information content (AvgIpc) is 3.38. The topological polar surface area (TPSA) is 65.6 Å². The van der Waals surface area contributed by atoms with Crippen LogP contribution in [0.3, 0.4) is 0 Å². The lowest BCUT2D eigenvalue weighted by atomic mass is 10.1. The summed E-state index contributed by atoms with van der Waals surface area (Å²) in [6, 6.07) is 10.9. The Morgan fingerprint density at radius 1 is 1.26 bits per heavy atom. The number of benzene rings is 1. The number of hydrogen-bond donors (Lipinski definition) is 1. The molecule has 0 radical (unpaired) electrons. The number of methoxy groups -OCH3 is 1. The highest BCUT2D eigenvalue weighted by Gasteiger charge is 2.16. The molecule has 27 heavy (non-hydrogen) atoms. The molecule has 0 saturated heterocycles. The molecule has 0 aliphatic rings. The van der Waals surface area contributed by atoms with Crippen molar-refractivity contribution >= 4 is 17.5 Å². The number of aromatic nitrogens is 1. The van der Waals surface area contributed by atoms with E-state index >= 15 is 0 Å². The highest BCUT2D eigenvalue weighted by Crippen LogP contribution is 2.29. The lowest BCUT2D eigenvalue weighted by molar-refractivity contribution is 0.0914. The second kappa shape index (κ2) is 9.30. The molecule has 7 heteroatoms. The normalized spacial score (nSPS) is 10.7. The maximum Gasteiger partial charge on any atom is 0.255 e. The van der Waals surface area contributed by atoms with Gasteiger partial charge in [0.2, 0.25) is 0 Å². The van der Waals surface area contributed by atoms with Crippen LogP contribution in [0.5, 0.6) is 5.75 Å². The van der Waals surface area contributed by atoms with Gasteiger partial charge in [0.1, 0.15) is 18.1 Å². The highest BCUT2D eigenvalue weighted by molar-refractivity contribution is 6.33. The Hall–Kier alpha value is -2.70. The number of amides is 1. The summed E-state index contributed by atoms with van der Waals surface area (Å²) in [5.74, 6) is 1.01. The quantitative estimate of drug-likeness (QED) is 0.561. The second-order valence-electron chi connectivity index (χ2n) is 5.84. The molecule has 0 spiro atoms. The van der Waals surface area contributed by atoms with Gasteiger partial charge < -0.3 is 23.8 Å². The van der Waals surface area contributed by atoms with Crippen molar-refractivity contribution < 1.29 is 18.7 Å². The lowest BCUT2D eigenvalue weighted by Gasteiger charge is -2.13. The van der Waals surface area contributed by atoms with Gasteiger partial charge in [-0.1, -0.05) is 11.6 Å². The zero-order valence-corrected chi connectivity index (χ0v) is 15.7. The van der Waals surface area contributed by atoms with Crippen molar-refractivity contribution in [3.8, 4) is 11.4 Å². The first-order valence-electron chi connectivity index (χ1n) is 8.58. The Kier molecular flexibility index (Phi) is 6.57. The Labute approximate surface area is 162 Å². The highest BCUT2D eigenvalue weighted by atomic mass is 35.5. The van der Waals surface area contributed by atoms with Crippen LogP contribution in [0.2, 0.25) is 5.02 Å². The SMILES string of the molecule is COc1cc(-n2cccc2)c(Cl)cc1C(=O)NCCCOCc1ccco1. The third kappa shape index (κ3) is 4.93. The van der Waals surface area contributed by atoms with Crippen LogP contribution < -0.4 is 10.1 Å². The molecule has 1 aromatic carbocycles. The number of carbonyl (C=O) groups is 1. The van der Waals surface area contributed by atoms with Gasteiger partial charge in [-0.3, -0.25) is 4.79 Å². The van der Waals surface area contributed by atoms with E-state index in [-0.39, 0.29) is 5.91 Å². The van der Waals surface area contributed by atoms with Gasteiger partial charge in [0, 0.05) is 31.6 Å². The van der Waals surface area contributed by atoms with Gasteiger partial charge in [-0.2, -0.15) is 0 Å². The first-order chi connectivity index (χ1) is 13.2. The number of rotatable bonds is 9. The Morgan fingerprint density at radius 2 is 2.07 bits per heavy atom. The minimum Gasteiger partial charge on any atom is -0.496 e. The zero-order valence-electron chi connectivity index (χ0n) is 15.0. The number of furan rings is 1. The van der Waals surface area contributed by atoms with Crippen LogP contribution in [0.4, 0.5) is 0 Å². The van der Waals surface area contributed by atoms with Crippen LogP contribution >= 0.6 is 11.6 Å². The summed E-state index contributed by atoms with van der Waals surface area (Å²) >= 11 is 6.36. The van der Waals surface area contributed by atoms with E-state index in [9.17, 15) is 4.79 Å². The summed E-state index contributed by atoms with van der Waals surface area (Å²) < 4.78 is 17.9. The molecule has 6 nitrogen and oxygen atoms in total. The largest absolute Gasteiger partial charge is 0.496 e. The van der Waals surface area contributed by atoms with E-state index in [1.165, 1.54) is 7.11 Å². The van der Waals surface area contributed by atoms with E-state index in [0.717, 1.165) is 11.4 Å². The van der Waals surface area contributed by atoms with Crippen LogP contribution in [0.25, 0.3) is 5.69 Å². The van der Waals surface area contributed by atoms with Crippen molar-refractivity contribution in [3.05, 3.63) is 71.4 Å². The van der Waals surface area contributed by atoms with Crippen molar-refractivity contribution in [2.75, 3.05) is 20.3 Å². The molecule has 2 heterocycles. The van der Waals surface area contributed by atoms with Gasteiger partial charge in [0.05, 0.1) is 29.6 Å². The first kappa shape index (κ1) is 19.1. The molecular formula is C20H21ClN2O4. The minimum atomic E-state index is -0.237. The molecule has 2 aromatic heterocycles. The number of nitrogens with one attached hydrogen (secondary N) is 1.